The Morgan fingerprint density at radius 1 is 1.20 bits per heavy atom. The van der Waals surface area contributed by atoms with E-state index >= 15 is 0 Å². The molecule has 3 heteroatoms. The average Bonchev–Trinajstić information content (AvgIpc) is 3.01. The van der Waals surface area contributed by atoms with Gasteiger partial charge in [0, 0.05) is 5.92 Å². The Morgan fingerprint density at radius 2 is 2.00 bits per heavy atom. The number of hydrogen-bond acceptors (Lipinski definition) is 2. The SMILES string of the molecule is COc1ccc2c(c1)CCC[C@@H]2NC(=O)C1CCCC1. The highest BCUT2D eigenvalue weighted by atomic mass is 16.5. The summed E-state index contributed by atoms with van der Waals surface area (Å²) in [5.41, 5.74) is 2.61. The molecule has 1 amide bonds. The lowest BCUT2D eigenvalue weighted by molar-refractivity contribution is -0.125. The quantitative estimate of drug-likeness (QED) is 0.917. The highest BCUT2D eigenvalue weighted by Crippen LogP contribution is 2.33. The van der Waals surface area contributed by atoms with Gasteiger partial charge in [0.25, 0.3) is 0 Å². The predicted octanol–water partition coefficient (Wildman–Crippen LogP) is 3.38. The van der Waals surface area contributed by atoms with E-state index in [0.717, 1.165) is 37.9 Å². The molecule has 0 spiro atoms. The second kappa shape index (κ2) is 5.86. The predicted molar refractivity (Wildman–Crippen MR) is 78.8 cm³/mol. The van der Waals surface area contributed by atoms with Gasteiger partial charge >= 0.3 is 0 Å². The second-order valence-corrected chi connectivity index (χ2v) is 6.00. The Labute approximate surface area is 120 Å². The molecule has 1 aromatic rings. The van der Waals surface area contributed by atoms with Crippen LogP contribution in [0.1, 0.15) is 55.7 Å². The third-order valence-corrected chi connectivity index (χ3v) is 4.71. The number of rotatable bonds is 3. The monoisotopic (exact) mass is 273 g/mol. The standard InChI is InChI=1S/C17H23NO2/c1-20-14-9-10-15-13(11-14)7-4-8-16(15)18-17(19)12-5-2-3-6-12/h9-12,16H,2-8H2,1H3,(H,18,19)/t16-/m0/s1. The first kappa shape index (κ1) is 13.5. The summed E-state index contributed by atoms with van der Waals surface area (Å²) in [4.78, 5) is 12.3. The van der Waals surface area contributed by atoms with Crippen molar-refractivity contribution in [1.82, 2.24) is 5.32 Å². The van der Waals surface area contributed by atoms with Crippen LogP contribution in [0.15, 0.2) is 18.2 Å². The summed E-state index contributed by atoms with van der Waals surface area (Å²) in [5.74, 6) is 1.42. The van der Waals surface area contributed by atoms with Crippen LogP contribution >= 0.6 is 0 Å². The minimum Gasteiger partial charge on any atom is -0.497 e. The first-order valence-corrected chi connectivity index (χ1v) is 7.75. The van der Waals surface area contributed by atoms with Crippen molar-refractivity contribution >= 4 is 5.91 Å². The first-order valence-electron chi connectivity index (χ1n) is 7.75. The third-order valence-electron chi connectivity index (χ3n) is 4.71. The summed E-state index contributed by atoms with van der Waals surface area (Å²) in [5, 5.41) is 3.27. The molecule has 1 fully saturated rings. The molecule has 1 saturated carbocycles. The van der Waals surface area contributed by atoms with Gasteiger partial charge in [0.1, 0.15) is 5.75 Å². The first-order chi connectivity index (χ1) is 9.78. The van der Waals surface area contributed by atoms with E-state index in [-0.39, 0.29) is 17.9 Å². The van der Waals surface area contributed by atoms with Gasteiger partial charge in [-0.25, -0.2) is 0 Å². The van der Waals surface area contributed by atoms with Crippen LogP contribution < -0.4 is 10.1 Å². The number of ether oxygens (including phenoxy) is 1. The van der Waals surface area contributed by atoms with Crippen molar-refractivity contribution in [3.63, 3.8) is 0 Å². The number of aryl methyl sites for hydroxylation is 1. The van der Waals surface area contributed by atoms with Gasteiger partial charge < -0.3 is 10.1 Å². The van der Waals surface area contributed by atoms with Gasteiger partial charge in [-0.15, -0.1) is 0 Å². The fourth-order valence-electron chi connectivity index (χ4n) is 3.55. The van der Waals surface area contributed by atoms with E-state index in [2.05, 4.69) is 17.4 Å². The molecule has 2 aliphatic rings. The van der Waals surface area contributed by atoms with E-state index in [0.29, 0.717) is 0 Å². The molecule has 1 N–H and O–H groups in total. The zero-order chi connectivity index (χ0) is 13.9. The number of hydrogen-bond donors (Lipinski definition) is 1. The molecule has 1 atom stereocenters. The Kier molecular flexibility index (Phi) is 3.95. The largest absolute Gasteiger partial charge is 0.497 e. The number of amides is 1. The van der Waals surface area contributed by atoms with E-state index in [1.807, 2.05) is 6.07 Å². The van der Waals surface area contributed by atoms with Gasteiger partial charge in [0.15, 0.2) is 0 Å². The molecule has 0 bridgehead atoms. The van der Waals surface area contributed by atoms with Crippen LogP contribution in [0.4, 0.5) is 0 Å². The molecule has 0 radical (unpaired) electrons. The van der Waals surface area contributed by atoms with Gasteiger partial charge in [-0.3, -0.25) is 4.79 Å². The molecule has 20 heavy (non-hydrogen) atoms. The van der Waals surface area contributed by atoms with Gasteiger partial charge in [-0.2, -0.15) is 0 Å². The van der Waals surface area contributed by atoms with Crippen molar-refractivity contribution in [1.29, 1.82) is 0 Å². The lowest BCUT2D eigenvalue weighted by atomic mass is 9.87. The van der Waals surface area contributed by atoms with Crippen LogP contribution in [0.3, 0.4) is 0 Å². The highest BCUT2D eigenvalue weighted by Gasteiger charge is 2.27. The zero-order valence-electron chi connectivity index (χ0n) is 12.2. The van der Waals surface area contributed by atoms with Crippen molar-refractivity contribution in [2.24, 2.45) is 5.92 Å². The van der Waals surface area contributed by atoms with Crippen LogP contribution in [-0.4, -0.2) is 13.0 Å². The minimum atomic E-state index is 0.192. The lowest BCUT2D eigenvalue weighted by Crippen LogP contribution is -2.34. The van der Waals surface area contributed by atoms with Gasteiger partial charge in [-0.1, -0.05) is 18.9 Å². The molecule has 0 aliphatic heterocycles. The smallest absolute Gasteiger partial charge is 0.223 e. The molecule has 3 nitrogen and oxygen atoms in total. The maximum atomic E-state index is 12.3. The van der Waals surface area contributed by atoms with Crippen LogP contribution in [0, 0.1) is 5.92 Å². The van der Waals surface area contributed by atoms with Crippen molar-refractivity contribution in [3.8, 4) is 5.75 Å². The summed E-state index contributed by atoms with van der Waals surface area (Å²) >= 11 is 0. The van der Waals surface area contributed by atoms with E-state index in [1.165, 1.54) is 24.0 Å². The van der Waals surface area contributed by atoms with Crippen LogP contribution in [0.25, 0.3) is 0 Å². The van der Waals surface area contributed by atoms with Gasteiger partial charge in [0.05, 0.1) is 13.2 Å². The Morgan fingerprint density at radius 3 is 2.75 bits per heavy atom. The molecular formula is C17H23NO2. The normalized spacial score (nSPS) is 22.4. The summed E-state index contributed by atoms with van der Waals surface area (Å²) in [6.45, 7) is 0. The fraction of sp³-hybridized carbons (Fsp3) is 0.588. The summed E-state index contributed by atoms with van der Waals surface area (Å²) in [7, 11) is 1.70. The van der Waals surface area contributed by atoms with Crippen molar-refractivity contribution < 1.29 is 9.53 Å². The fourth-order valence-corrected chi connectivity index (χ4v) is 3.55. The maximum absolute atomic E-state index is 12.3. The van der Waals surface area contributed by atoms with Crippen LogP contribution in [0.5, 0.6) is 5.75 Å². The number of fused-ring (bicyclic) bond motifs is 1. The van der Waals surface area contributed by atoms with Crippen LogP contribution in [0.2, 0.25) is 0 Å². The number of nitrogens with one attached hydrogen (secondary N) is 1. The number of methoxy groups -OCH3 is 1. The Hall–Kier alpha value is -1.51. The molecule has 3 rings (SSSR count). The zero-order valence-corrected chi connectivity index (χ0v) is 12.2. The van der Waals surface area contributed by atoms with Crippen molar-refractivity contribution in [2.75, 3.05) is 7.11 Å². The van der Waals surface area contributed by atoms with E-state index in [1.54, 1.807) is 7.11 Å². The molecule has 0 aromatic heterocycles. The number of carbonyl (C=O) groups excluding carboxylic acids is 1. The summed E-state index contributed by atoms with van der Waals surface area (Å²) < 4.78 is 5.29. The maximum Gasteiger partial charge on any atom is 0.223 e. The molecule has 1 aromatic carbocycles. The van der Waals surface area contributed by atoms with Gasteiger partial charge in [-0.05, 0) is 55.4 Å². The Bertz CT molecular complexity index is 492. The number of carbonyl (C=O) groups is 1. The van der Waals surface area contributed by atoms with E-state index < -0.39 is 0 Å². The third kappa shape index (κ3) is 2.67. The molecule has 2 aliphatic carbocycles. The summed E-state index contributed by atoms with van der Waals surface area (Å²) in [6.07, 6.45) is 7.81. The summed E-state index contributed by atoms with van der Waals surface area (Å²) in [6, 6.07) is 6.42. The minimum absolute atomic E-state index is 0.192. The topological polar surface area (TPSA) is 38.3 Å². The highest BCUT2D eigenvalue weighted by molar-refractivity contribution is 5.79. The molecule has 0 unspecified atom stereocenters. The molecule has 108 valence electrons. The molecule has 0 saturated heterocycles. The van der Waals surface area contributed by atoms with Crippen molar-refractivity contribution in [3.05, 3.63) is 29.3 Å². The molecule has 0 heterocycles. The lowest BCUT2D eigenvalue weighted by Gasteiger charge is -2.27. The van der Waals surface area contributed by atoms with E-state index in [4.69, 9.17) is 4.74 Å². The Balaban J connectivity index is 1.74. The average molecular weight is 273 g/mol. The van der Waals surface area contributed by atoms with E-state index in [9.17, 15) is 4.79 Å². The molecular weight excluding hydrogens is 250 g/mol. The van der Waals surface area contributed by atoms with Crippen LogP contribution in [-0.2, 0) is 11.2 Å². The number of benzene rings is 1. The van der Waals surface area contributed by atoms with Gasteiger partial charge in [0.2, 0.25) is 5.91 Å². The van der Waals surface area contributed by atoms with Crippen molar-refractivity contribution in [2.45, 2.75) is 51.0 Å². The second-order valence-electron chi connectivity index (χ2n) is 6.00.